The van der Waals surface area contributed by atoms with E-state index in [1.54, 1.807) is 16.9 Å². The SMILES string of the molecule is CC(C)n1nccc1-c1ccc(F)c(C(N)=O)c1. The van der Waals surface area contributed by atoms with Crippen LogP contribution in [0.1, 0.15) is 30.2 Å². The lowest BCUT2D eigenvalue weighted by Crippen LogP contribution is -2.13. The zero-order chi connectivity index (χ0) is 13.3. The number of nitrogens with zero attached hydrogens (tertiary/aromatic N) is 2. The quantitative estimate of drug-likeness (QED) is 0.905. The van der Waals surface area contributed by atoms with E-state index in [2.05, 4.69) is 5.10 Å². The Labute approximate surface area is 104 Å². The van der Waals surface area contributed by atoms with Gasteiger partial charge in [-0.3, -0.25) is 9.48 Å². The highest BCUT2D eigenvalue weighted by Crippen LogP contribution is 2.24. The van der Waals surface area contributed by atoms with Crippen LogP contribution in [0.4, 0.5) is 4.39 Å². The van der Waals surface area contributed by atoms with Gasteiger partial charge in [0.25, 0.3) is 5.91 Å². The smallest absolute Gasteiger partial charge is 0.251 e. The molecule has 0 bridgehead atoms. The van der Waals surface area contributed by atoms with Crippen molar-refractivity contribution in [2.24, 2.45) is 5.73 Å². The first-order chi connectivity index (χ1) is 8.50. The minimum Gasteiger partial charge on any atom is -0.366 e. The summed E-state index contributed by atoms with van der Waals surface area (Å²) in [7, 11) is 0. The lowest BCUT2D eigenvalue weighted by Gasteiger charge is -2.11. The Kier molecular flexibility index (Phi) is 3.14. The molecule has 0 atom stereocenters. The van der Waals surface area contributed by atoms with Crippen LogP contribution in [0, 0.1) is 5.82 Å². The van der Waals surface area contributed by atoms with Gasteiger partial charge in [0.1, 0.15) is 5.82 Å². The summed E-state index contributed by atoms with van der Waals surface area (Å²) in [5, 5.41) is 4.20. The second-order valence-electron chi connectivity index (χ2n) is 4.31. The molecule has 0 spiro atoms. The minimum atomic E-state index is -0.773. The van der Waals surface area contributed by atoms with Gasteiger partial charge in [-0.1, -0.05) is 0 Å². The first-order valence-electron chi connectivity index (χ1n) is 5.64. The summed E-state index contributed by atoms with van der Waals surface area (Å²) in [5.41, 5.74) is 6.57. The van der Waals surface area contributed by atoms with Gasteiger partial charge in [-0.15, -0.1) is 0 Å². The van der Waals surface area contributed by atoms with Crippen LogP contribution in [0.2, 0.25) is 0 Å². The summed E-state index contributed by atoms with van der Waals surface area (Å²) in [4.78, 5) is 11.1. The fraction of sp³-hybridized carbons (Fsp3) is 0.231. The van der Waals surface area contributed by atoms with Gasteiger partial charge in [0.2, 0.25) is 0 Å². The van der Waals surface area contributed by atoms with Crippen molar-refractivity contribution in [3.63, 3.8) is 0 Å². The number of halogens is 1. The van der Waals surface area contributed by atoms with E-state index < -0.39 is 11.7 Å². The molecule has 0 radical (unpaired) electrons. The molecule has 94 valence electrons. The number of amides is 1. The van der Waals surface area contributed by atoms with E-state index in [0.29, 0.717) is 0 Å². The van der Waals surface area contributed by atoms with Crippen LogP contribution in [0.15, 0.2) is 30.5 Å². The first kappa shape index (κ1) is 12.3. The Morgan fingerprint density at radius 2 is 2.11 bits per heavy atom. The molecule has 2 aromatic rings. The van der Waals surface area contributed by atoms with Gasteiger partial charge in [-0.2, -0.15) is 5.10 Å². The third-order valence-electron chi connectivity index (χ3n) is 2.69. The maximum absolute atomic E-state index is 13.4. The Bertz CT molecular complexity index is 590. The van der Waals surface area contributed by atoms with Gasteiger partial charge >= 0.3 is 0 Å². The van der Waals surface area contributed by atoms with Crippen molar-refractivity contribution in [2.75, 3.05) is 0 Å². The van der Waals surface area contributed by atoms with Crippen LogP contribution in [-0.4, -0.2) is 15.7 Å². The molecule has 0 aliphatic carbocycles. The van der Waals surface area contributed by atoms with E-state index in [4.69, 9.17) is 5.73 Å². The maximum atomic E-state index is 13.4. The number of carbonyl (C=O) groups excluding carboxylic acids is 1. The number of hydrogen-bond donors (Lipinski definition) is 1. The van der Waals surface area contributed by atoms with Crippen LogP contribution >= 0.6 is 0 Å². The number of rotatable bonds is 3. The summed E-state index contributed by atoms with van der Waals surface area (Å²) >= 11 is 0. The second-order valence-corrected chi connectivity index (χ2v) is 4.31. The van der Waals surface area contributed by atoms with E-state index >= 15 is 0 Å². The third kappa shape index (κ3) is 2.11. The predicted octanol–water partition coefficient (Wildman–Crippen LogP) is 2.37. The molecule has 0 saturated heterocycles. The fourth-order valence-electron chi connectivity index (χ4n) is 1.83. The molecule has 0 saturated carbocycles. The Balaban J connectivity index is 2.54. The summed E-state index contributed by atoms with van der Waals surface area (Å²) in [6, 6.07) is 6.30. The van der Waals surface area contributed by atoms with Gasteiger partial charge in [-0.05, 0) is 38.1 Å². The highest BCUT2D eigenvalue weighted by atomic mass is 19.1. The van der Waals surface area contributed by atoms with Gasteiger partial charge in [-0.25, -0.2) is 4.39 Å². The van der Waals surface area contributed by atoms with Gasteiger partial charge < -0.3 is 5.73 Å². The van der Waals surface area contributed by atoms with E-state index in [9.17, 15) is 9.18 Å². The number of primary amides is 1. The van der Waals surface area contributed by atoms with Crippen molar-refractivity contribution < 1.29 is 9.18 Å². The molecule has 1 aromatic carbocycles. The van der Waals surface area contributed by atoms with Crippen molar-refractivity contribution >= 4 is 5.91 Å². The summed E-state index contributed by atoms with van der Waals surface area (Å²) < 4.78 is 15.2. The molecule has 2 rings (SSSR count). The predicted molar refractivity (Wildman–Crippen MR) is 66.5 cm³/mol. The largest absolute Gasteiger partial charge is 0.366 e. The zero-order valence-electron chi connectivity index (χ0n) is 10.2. The summed E-state index contributed by atoms with van der Waals surface area (Å²) in [5.74, 6) is -1.38. The van der Waals surface area contributed by atoms with Crippen molar-refractivity contribution in [2.45, 2.75) is 19.9 Å². The van der Waals surface area contributed by atoms with Gasteiger partial charge in [0, 0.05) is 17.8 Å². The van der Waals surface area contributed by atoms with E-state index in [1.165, 1.54) is 12.1 Å². The molecule has 4 nitrogen and oxygen atoms in total. The second kappa shape index (κ2) is 4.60. The molecule has 1 heterocycles. The van der Waals surface area contributed by atoms with E-state index in [-0.39, 0.29) is 11.6 Å². The zero-order valence-corrected chi connectivity index (χ0v) is 10.2. The number of benzene rings is 1. The molecule has 1 aromatic heterocycles. The average Bonchev–Trinajstić information content (AvgIpc) is 2.78. The lowest BCUT2D eigenvalue weighted by molar-refractivity contribution is 0.0996. The standard InChI is InChI=1S/C13H14FN3O/c1-8(2)17-12(5-6-16-17)9-3-4-11(14)10(7-9)13(15)18/h3-8H,1-2H3,(H2,15,18). The number of aromatic nitrogens is 2. The highest BCUT2D eigenvalue weighted by Gasteiger charge is 2.13. The van der Waals surface area contributed by atoms with Crippen LogP contribution in [0.3, 0.4) is 0 Å². The summed E-state index contributed by atoms with van der Waals surface area (Å²) in [6.07, 6.45) is 1.67. The molecule has 0 aliphatic rings. The molecule has 0 fully saturated rings. The van der Waals surface area contributed by atoms with Crippen LogP contribution in [-0.2, 0) is 0 Å². The molecule has 1 amide bonds. The van der Waals surface area contributed by atoms with Gasteiger partial charge in [0.15, 0.2) is 0 Å². The number of nitrogens with two attached hydrogens (primary N) is 1. The van der Waals surface area contributed by atoms with Crippen molar-refractivity contribution in [1.82, 2.24) is 9.78 Å². The molecule has 5 heteroatoms. The minimum absolute atomic E-state index is 0.107. The summed E-state index contributed by atoms with van der Waals surface area (Å²) in [6.45, 7) is 3.99. The molecule has 18 heavy (non-hydrogen) atoms. The van der Waals surface area contributed by atoms with Crippen molar-refractivity contribution in [3.05, 3.63) is 41.8 Å². The number of carbonyl (C=O) groups is 1. The van der Waals surface area contributed by atoms with E-state index in [0.717, 1.165) is 11.3 Å². The molecule has 0 aliphatic heterocycles. The topological polar surface area (TPSA) is 60.9 Å². The van der Waals surface area contributed by atoms with Crippen LogP contribution in [0.5, 0.6) is 0 Å². The third-order valence-corrected chi connectivity index (χ3v) is 2.69. The Hall–Kier alpha value is -2.17. The first-order valence-corrected chi connectivity index (χ1v) is 5.64. The van der Waals surface area contributed by atoms with Gasteiger partial charge in [0.05, 0.1) is 11.3 Å². The van der Waals surface area contributed by atoms with E-state index in [1.807, 2.05) is 19.9 Å². The highest BCUT2D eigenvalue weighted by molar-refractivity contribution is 5.94. The monoisotopic (exact) mass is 247 g/mol. The Morgan fingerprint density at radius 1 is 1.39 bits per heavy atom. The lowest BCUT2D eigenvalue weighted by atomic mass is 10.1. The fourth-order valence-corrected chi connectivity index (χ4v) is 1.83. The van der Waals surface area contributed by atoms with Crippen molar-refractivity contribution in [1.29, 1.82) is 0 Å². The Morgan fingerprint density at radius 3 is 2.72 bits per heavy atom. The normalized spacial score (nSPS) is 10.9. The molecule has 0 unspecified atom stereocenters. The van der Waals surface area contributed by atoms with Crippen molar-refractivity contribution in [3.8, 4) is 11.3 Å². The maximum Gasteiger partial charge on any atom is 0.251 e. The average molecular weight is 247 g/mol. The molecule has 2 N–H and O–H groups in total. The van der Waals surface area contributed by atoms with Crippen LogP contribution in [0.25, 0.3) is 11.3 Å². The molecular formula is C13H14FN3O. The van der Waals surface area contributed by atoms with Crippen LogP contribution < -0.4 is 5.73 Å². The number of hydrogen-bond acceptors (Lipinski definition) is 2. The molecular weight excluding hydrogens is 233 g/mol.